The Balaban J connectivity index is 1.77. The SMILES string of the molecule is Fc1ccc2[nH]c(Cc3c[nH]c4c(Cl)cccc34)cc2c1. The molecule has 0 aliphatic rings. The first-order chi connectivity index (χ1) is 10.2. The van der Waals surface area contributed by atoms with Gasteiger partial charge >= 0.3 is 0 Å². The number of hydrogen-bond acceptors (Lipinski definition) is 0. The number of hydrogen-bond donors (Lipinski definition) is 2. The van der Waals surface area contributed by atoms with Crippen molar-refractivity contribution in [3.8, 4) is 0 Å². The van der Waals surface area contributed by atoms with Gasteiger partial charge in [0.1, 0.15) is 5.82 Å². The van der Waals surface area contributed by atoms with Crippen LogP contribution in [0.15, 0.2) is 48.7 Å². The molecule has 0 saturated carbocycles. The highest BCUT2D eigenvalue weighted by Crippen LogP contribution is 2.27. The Morgan fingerprint density at radius 1 is 1.10 bits per heavy atom. The van der Waals surface area contributed by atoms with Gasteiger partial charge in [0.25, 0.3) is 0 Å². The van der Waals surface area contributed by atoms with E-state index < -0.39 is 0 Å². The van der Waals surface area contributed by atoms with E-state index in [1.165, 1.54) is 11.6 Å². The van der Waals surface area contributed by atoms with Crippen LogP contribution in [0.25, 0.3) is 21.8 Å². The molecular weight excluding hydrogens is 287 g/mol. The standard InChI is InChI=1S/C17H12ClFN2/c18-15-3-1-2-14-11(9-20-17(14)15)8-13-7-10-6-12(19)4-5-16(10)21-13/h1-7,9,20-21H,8H2. The number of aromatic nitrogens is 2. The Morgan fingerprint density at radius 2 is 2.00 bits per heavy atom. The molecule has 0 unspecified atom stereocenters. The molecule has 0 fully saturated rings. The summed E-state index contributed by atoms with van der Waals surface area (Å²) in [6, 6.07) is 12.6. The third kappa shape index (κ3) is 2.10. The second-order valence-corrected chi connectivity index (χ2v) is 5.59. The lowest BCUT2D eigenvalue weighted by Gasteiger charge is -1.98. The van der Waals surface area contributed by atoms with Crippen LogP contribution in [0.4, 0.5) is 4.39 Å². The van der Waals surface area contributed by atoms with Crippen molar-refractivity contribution < 1.29 is 4.39 Å². The number of nitrogens with one attached hydrogen (secondary N) is 2. The maximum absolute atomic E-state index is 13.2. The summed E-state index contributed by atoms with van der Waals surface area (Å²) in [6.07, 6.45) is 2.72. The Bertz CT molecular complexity index is 952. The molecule has 0 spiro atoms. The van der Waals surface area contributed by atoms with Crippen LogP contribution in [0, 0.1) is 5.82 Å². The molecule has 0 radical (unpaired) electrons. The van der Waals surface area contributed by atoms with Crippen molar-refractivity contribution in [2.45, 2.75) is 6.42 Å². The van der Waals surface area contributed by atoms with E-state index >= 15 is 0 Å². The summed E-state index contributed by atoms with van der Waals surface area (Å²) in [5, 5.41) is 2.73. The summed E-state index contributed by atoms with van der Waals surface area (Å²) in [5.74, 6) is -0.216. The molecule has 4 rings (SSSR count). The maximum Gasteiger partial charge on any atom is 0.123 e. The van der Waals surface area contributed by atoms with E-state index in [0.29, 0.717) is 0 Å². The fraction of sp³-hybridized carbons (Fsp3) is 0.0588. The first-order valence-electron chi connectivity index (χ1n) is 6.72. The molecule has 2 heterocycles. The highest BCUT2D eigenvalue weighted by atomic mass is 35.5. The fourth-order valence-electron chi connectivity index (χ4n) is 2.79. The molecule has 4 heteroatoms. The molecule has 0 amide bonds. The minimum Gasteiger partial charge on any atom is -0.360 e. The van der Waals surface area contributed by atoms with E-state index in [1.807, 2.05) is 24.4 Å². The Hall–Kier alpha value is -2.26. The summed E-state index contributed by atoms with van der Waals surface area (Å²) in [4.78, 5) is 6.54. The smallest absolute Gasteiger partial charge is 0.123 e. The zero-order valence-electron chi connectivity index (χ0n) is 11.1. The zero-order valence-corrected chi connectivity index (χ0v) is 11.8. The van der Waals surface area contributed by atoms with E-state index in [-0.39, 0.29) is 5.82 Å². The first kappa shape index (κ1) is 12.5. The number of aromatic amines is 2. The predicted octanol–water partition coefficient (Wildman–Crippen LogP) is 5.03. The molecule has 21 heavy (non-hydrogen) atoms. The molecule has 104 valence electrons. The highest BCUT2D eigenvalue weighted by Gasteiger charge is 2.09. The van der Waals surface area contributed by atoms with Gasteiger partial charge < -0.3 is 9.97 Å². The van der Waals surface area contributed by atoms with Gasteiger partial charge in [-0.25, -0.2) is 4.39 Å². The lowest BCUT2D eigenvalue weighted by atomic mass is 10.1. The van der Waals surface area contributed by atoms with Crippen LogP contribution >= 0.6 is 11.6 Å². The predicted molar refractivity (Wildman–Crippen MR) is 84.4 cm³/mol. The van der Waals surface area contributed by atoms with Gasteiger partial charge in [-0.15, -0.1) is 0 Å². The van der Waals surface area contributed by atoms with Crippen LogP contribution in [0.2, 0.25) is 5.02 Å². The average molecular weight is 299 g/mol. The number of benzene rings is 2. The van der Waals surface area contributed by atoms with Gasteiger partial charge in [0.2, 0.25) is 0 Å². The summed E-state index contributed by atoms with van der Waals surface area (Å²) in [5.41, 5.74) is 4.12. The molecule has 0 bridgehead atoms. The topological polar surface area (TPSA) is 31.6 Å². The third-order valence-electron chi connectivity index (χ3n) is 3.77. The van der Waals surface area contributed by atoms with Gasteiger partial charge in [-0.05, 0) is 35.9 Å². The molecule has 4 aromatic rings. The normalized spacial score (nSPS) is 11.5. The zero-order chi connectivity index (χ0) is 14.4. The van der Waals surface area contributed by atoms with Crippen LogP contribution in [0.5, 0.6) is 0 Å². The Labute approximate surface area is 125 Å². The Morgan fingerprint density at radius 3 is 2.90 bits per heavy atom. The third-order valence-corrected chi connectivity index (χ3v) is 4.08. The van der Waals surface area contributed by atoms with Gasteiger partial charge in [-0.3, -0.25) is 0 Å². The van der Waals surface area contributed by atoms with Gasteiger partial charge in [0.15, 0.2) is 0 Å². The second-order valence-electron chi connectivity index (χ2n) is 5.18. The monoisotopic (exact) mass is 298 g/mol. The van der Waals surface area contributed by atoms with Gasteiger partial charge in [0.05, 0.1) is 10.5 Å². The molecule has 0 atom stereocenters. The van der Waals surface area contributed by atoms with Crippen molar-refractivity contribution in [2.75, 3.05) is 0 Å². The van der Waals surface area contributed by atoms with Crippen molar-refractivity contribution in [1.29, 1.82) is 0 Å². The van der Waals surface area contributed by atoms with E-state index in [2.05, 4.69) is 16.0 Å². The molecule has 2 nitrogen and oxygen atoms in total. The second kappa shape index (κ2) is 4.64. The van der Waals surface area contributed by atoms with Gasteiger partial charge in [-0.2, -0.15) is 0 Å². The maximum atomic E-state index is 13.2. The lowest BCUT2D eigenvalue weighted by molar-refractivity contribution is 0.630. The van der Waals surface area contributed by atoms with Crippen LogP contribution in [0.1, 0.15) is 11.3 Å². The van der Waals surface area contributed by atoms with Crippen molar-refractivity contribution in [3.05, 3.63) is 70.8 Å². The van der Waals surface area contributed by atoms with Crippen LogP contribution in [0.3, 0.4) is 0 Å². The molecule has 0 aliphatic carbocycles. The number of fused-ring (bicyclic) bond motifs is 2. The van der Waals surface area contributed by atoms with Gasteiger partial charge in [-0.1, -0.05) is 23.7 Å². The first-order valence-corrected chi connectivity index (χ1v) is 7.10. The van der Waals surface area contributed by atoms with Gasteiger partial charge in [0, 0.05) is 34.6 Å². The summed E-state index contributed by atoms with van der Waals surface area (Å²) >= 11 is 6.17. The number of rotatable bonds is 2. The molecule has 0 aliphatic heterocycles. The minimum absolute atomic E-state index is 0.216. The highest BCUT2D eigenvalue weighted by molar-refractivity contribution is 6.35. The minimum atomic E-state index is -0.216. The van der Waals surface area contributed by atoms with Crippen molar-refractivity contribution >= 4 is 33.4 Å². The number of halogens is 2. The summed E-state index contributed by atoms with van der Waals surface area (Å²) in [7, 11) is 0. The van der Waals surface area contributed by atoms with E-state index in [1.54, 1.807) is 12.1 Å². The molecular formula is C17H12ClFN2. The average Bonchev–Trinajstić information content (AvgIpc) is 3.04. The molecule has 2 aromatic heterocycles. The van der Waals surface area contributed by atoms with E-state index in [0.717, 1.165) is 38.9 Å². The van der Waals surface area contributed by atoms with E-state index in [4.69, 9.17) is 11.6 Å². The number of para-hydroxylation sites is 1. The molecule has 2 N–H and O–H groups in total. The Kier molecular flexibility index (Phi) is 2.76. The molecule has 2 aromatic carbocycles. The molecule has 0 saturated heterocycles. The quantitative estimate of drug-likeness (QED) is 0.520. The summed E-state index contributed by atoms with van der Waals surface area (Å²) < 4.78 is 13.2. The van der Waals surface area contributed by atoms with Crippen LogP contribution in [-0.4, -0.2) is 9.97 Å². The largest absolute Gasteiger partial charge is 0.360 e. The summed E-state index contributed by atoms with van der Waals surface area (Å²) in [6.45, 7) is 0. The lowest BCUT2D eigenvalue weighted by Crippen LogP contribution is -1.86. The van der Waals surface area contributed by atoms with Crippen molar-refractivity contribution in [3.63, 3.8) is 0 Å². The van der Waals surface area contributed by atoms with E-state index in [9.17, 15) is 4.39 Å². The van der Waals surface area contributed by atoms with Crippen LogP contribution < -0.4 is 0 Å². The number of H-pyrrole nitrogens is 2. The fourth-order valence-corrected chi connectivity index (χ4v) is 3.01. The van der Waals surface area contributed by atoms with Crippen molar-refractivity contribution in [2.24, 2.45) is 0 Å². The van der Waals surface area contributed by atoms with Crippen molar-refractivity contribution in [1.82, 2.24) is 9.97 Å². The van der Waals surface area contributed by atoms with Crippen LogP contribution in [-0.2, 0) is 6.42 Å².